The molecule has 0 radical (unpaired) electrons. The van der Waals surface area contributed by atoms with E-state index >= 15 is 0 Å². The first-order valence-electron chi connectivity index (χ1n) is 10.0. The molecule has 3 aromatic rings. The van der Waals surface area contributed by atoms with E-state index < -0.39 is 0 Å². The van der Waals surface area contributed by atoms with Crippen LogP contribution in [0.5, 0.6) is 23.0 Å². The lowest BCUT2D eigenvalue weighted by atomic mass is 10.1. The molecule has 0 amide bonds. The third-order valence-electron chi connectivity index (χ3n) is 4.92. The van der Waals surface area contributed by atoms with Crippen molar-refractivity contribution in [1.29, 1.82) is 0 Å². The van der Waals surface area contributed by atoms with Crippen molar-refractivity contribution in [1.82, 2.24) is 0 Å². The van der Waals surface area contributed by atoms with Crippen LogP contribution in [0, 0.1) is 0 Å². The number of ether oxygens (including phenoxy) is 4. The van der Waals surface area contributed by atoms with Gasteiger partial charge in [0, 0.05) is 17.2 Å². The second kappa shape index (κ2) is 10.4. The molecule has 0 fully saturated rings. The number of halogens is 3. The van der Waals surface area contributed by atoms with E-state index in [-0.39, 0.29) is 12.4 Å². The van der Waals surface area contributed by atoms with Crippen LogP contribution in [0.3, 0.4) is 0 Å². The molecule has 33 heavy (non-hydrogen) atoms. The third-order valence-corrected chi connectivity index (χ3v) is 5.93. The van der Waals surface area contributed by atoms with E-state index in [1.54, 1.807) is 37.5 Å². The van der Waals surface area contributed by atoms with Crippen LogP contribution in [-0.2, 0) is 6.61 Å². The van der Waals surface area contributed by atoms with Crippen LogP contribution in [-0.4, -0.2) is 26.1 Å². The molecule has 1 heterocycles. The van der Waals surface area contributed by atoms with Crippen LogP contribution in [0.1, 0.15) is 21.5 Å². The number of benzene rings is 3. The topological polar surface area (TPSA) is 54.0 Å². The second-order valence-electron chi connectivity index (χ2n) is 7.11. The third kappa shape index (κ3) is 5.56. The normalized spacial score (nSPS) is 12.6. The van der Waals surface area contributed by atoms with E-state index in [1.807, 2.05) is 18.2 Å². The second-order valence-corrected chi connectivity index (χ2v) is 8.33. The molecule has 0 N–H and O–H groups in total. The molecule has 4 rings (SSSR count). The van der Waals surface area contributed by atoms with E-state index in [2.05, 4.69) is 0 Å². The van der Waals surface area contributed by atoms with Gasteiger partial charge in [0.05, 0.1) is 22.2 Å². The van der Waals surface area contributed by atoms with Crippen molar-refractivity contribution >= 4 is 46.7 Å². The van der Waals surface area contributed by atoms with E-state index in [0.717, 1.165) is 11.1 Å². The Morgan fingerprint density at radius 3 is 2.45 bits per heavy atom. The highest BCUT2D eigenvalue weighted by molar-refractivity contribution is 6.43. The minimum absolute atomic E-state index is 0.150. The number of rotatable bonds is 7. The summed E-state index contributed by atoms with van der Waals surface area (Å²) in [6.45, 7) is 1.14. The van der Waals surface area contributed by atoms with E-state index in [4.69, 9.17) is 53.8 Å². The van der Waals surface area contributed by atoms with Gasteiger partial charge in [0.2, 0.25) is 0 Å². The molecule has 0 unspecified atom stereocenters. The zero-order valence-corrected chi connectivity index (χ0v) is 19.8. The Morgan fingerprint density at radius 2 is 1.67 bits per heavy atom. The van der Waals surface area contributed by atoms with Gasteiger partial charge in [-0.05, 0) is 48.0 Å². The molecule has 0 atom stereocenters. The number of allylic oxidation sites excluding steroid dienone is 1. The Kier molecular flexibility index (Phi) is 7.33. The highest BCUT2D eigenvalue weighted by atomic mass is 35.5. The summed E-state index contributed by atoms with van der Waals surface area (Å²) in [6.07, 6.45) is 3.24. The molecule has 5 nitrogen and oxygen atoms in total. The van der Waals surface area contributed by atoms with Gasteiger partial charge in [0.25, 0.3) is 0 Å². The maximum absolute atomic E-state index is 12.6. The number of methoxy groups -OCH3 is 1. The highest BCUT2D eigenvalue weighted by Crippen LogP contribution is 2.35. The monoisotopic (exact) mass is 504 g/mol. The largest absolute Gasteiger partial charge is 0.496 e. The molecular weight excluding hydrogens is 487 g/mol. The fraction of sp³-hybridized carbons (Fsp3) is 0.160. The molecule has 1 aliphatic heterocycles. The van der Waals surface area contributed by atoms with E-state index in [9.17, 15) is 4.79 Å². The van der Waals surface area contributed by atoms with Gasteiger partial charge in [0.15, 0.2) is 17.3 Å². The molecule has 0 aromatic heterocycles. The number of fused-ring (bicyclic) bond motifs is 1. The zero-order valence-electron chi connectivity index (χ0n) is 17.6. The SMILES string of the molecule is COc1ccc(/C=C/C(=O)c2ccc3c(c2)OCCO3)cc1COc1cc(Cl)c(Cl)cc1Cl. The van der Waals surface area contributed by atoms with Crippen LogP contribution in [0.4, 0.5) is 0 Å². The van der Waals surface area contributed by atoms with Crippen LogP contribution >= 0.6 is 34.8 Å². The fourth-order valence-corrected chi connectivity index (χ4v) is 3.84. The molecule has 0 aliphatic carbocycles. The lowest BCUT2D eigenvalue weighted by Crippen LogP contribution is -2.15. The molecule has 1 aliphatic rings. The molecular formula is C25H19Cl3O5. The molecule has 3 aromatic carbocycles. The summed E-state index contributed by atoms with van der Waals surface area (Å²) in [5, 5.41) is 1.04. The minimum atomic E-state index is -0.150. The zero-order chi connectivity index (χ0) is 23.4. The lowest BCUT2D eigenvalue weighted by Gasteiger charge is -2.18. The standard InChI is InChI=1S/C25H19Cl3O5/c1-30-22-6-3-15(10-17(22)14-33-24-13-19(27)18(26)12-20(24)28)2-5-21(29)16-4-7-23-25(11-16)32-9-8-31-23/h2-7,10-13H,8-9,14H2,1H3/b5-2+. The van der Waals surface area contributed by atoms with Crippen LogP contribution in [0.25, 0.3) is 6.08 Å². The predicted molar refractivity (Wildman–Crippen MR) is 130 cm³/mol. The minimum Gasteiger partial charge on any atom is -0.496 e. The van der Waals surface area contributed by atoms with Gasteiger partial charge in [-0.1, -0.05) is 46.9 Å². The maximum atomic E-state index is 12.6. The fourth-order valence-electron chi connectivity index (χ4n) is 3.25. The number of carbonyl (C=O) groups excluding carboxylic acids is 1. The molecule has 8 heteroatoms. The summed E-state index contributed by atoms with van der Waals surface area (Å²) in [5.74, 6) is 2.11. The Morgan fingerprint density at radius 1 is 0.909 bits per heavy atom. The average molecular weight is 506 g/mol. The quantitative estimate of drug-likeness (QED) is 0.199. The first-order valence-corrected chi connectivity index (χ1v) is 11.1. The maximum Gasteiger partial charge on any atom is 0.185 e. The Labute approximate surface area is 206 Å². The summed E-state index contributed by atoms with van der Waals surface area (Å²) in [5.41, 5.74) is 2.09. The summed E-state index contributed by atoms with van der Waals surface area (Å²) >= 11 is 18.2. The first-order chi connectivity index (χ1) is 15.9. The van der Waals surface area contributed by atoms with Gasteiger partial charge in [-0.25, -0.2) is 0 Å². The molecule has 0 bridgehead atoms. The van der Waals surface area contributed by atoms with Gasteiger partial charge in [-0.2, -0.15) is 0 Å². The van der Waals surface area contributed by atoms with E-state index in [1.165, 1.54) is 12.1 Å². The molecule has 0 saturated heterocycles. The summed E-state index contributed by atoms with van der Waals surface area (Å²) in [4.78, 5) is 12.6. The van der Waals surface area contributed by atoms with Crippen molar-refractivity contribution in [2.75, 3.05) is 20.3 Å². The van der Waals surface area contributed by atoms with Gasteiger partial charge in [0.1, 0.15) is 31.3 Å². The van der Waals surface area contributed by atoms with Crippen LogP contribution in [0.15, 0.2) is 54.6 Å². The van der Waals surface area contributed by atoms with Crippen molar-refractivity contribution in [3.8, 4) is 23.0 Å². The number of ketones is 1. The Bertz CT molecular complexity index is 1220. The summed E-state index contributed by atoms with van der Waals surface area (Å²) in [6, 6.07) is 13.8. The van der Waals surface area contributed by atoms with Gasteiger partial charge in [-0.15, -0.1) is 0 Å². The Hall–Kier alpha value is -2.86. The highest BCUT2D eigenvalue weighted by Gasteiger charge is 2.14. The van der Waals surface area contributed by atoms with Gasteiger partial charge in [-0.3, -0.25) is 4.79 Å². The average Bonchev–Trinajstić information content (AvgIpc) is 2.83. The van der Waals surface area contributed by atoms with Gasteiger partial charge >= 0.3 is 0 Å². The van der Waals surface area contributed by atoms with Crippen molar-refractivity contribution in [3.05, 3.63) is 86.4 Å². The van der Waals surface area contributed by atoms with E-state index in [0.29, 0.717) is 56.8 Å². The van der Waals surface area contributed by atoms with Crippen molar-refractivity contribution in [2.45, 2.75) is 6.61 Å². The molecule has 0 spiro atoms. The summed E-state index contributed by atoms with van der Waals surface area (Å²) in [7, 11) is 1.58. The number of hydrogen-bond acceptors (Lipinski definition) is 5. The van der Waals surface area contributed by atoms with Crippen molar-refractivity contribution < 1.29 is 23.7 Å². The Balaban J connectivity index is 1.50. The molecule has 0 saturated carbocycles. The summed E-state index contributed by atoms with van der Waals surface area (Å²) < 4.78 is 22.3. The smallest absolute Gasteiger partial charge is 0.185 e. The van der Waals surface area contributed by atoms with Crippen molar-refractivity contribution in [3.63, 3.8) is 0 Å². The van der Waals surface area contributed by atoms with Crippen LogP contribution < -0.4 is 18.9 Å². The predicted octanol–water partition coefficient (Wildman–Crippen LogP) is 6.90. The van der Waals surface area contributed by atoms with Crippen molar-refractivity contribution in [2.24, 2.45) is 0 Å². The van der Waals surface area contributed by atoms with Crippen LogP contribution in [0.2, 0.25) is 15.1 Å². The lowest BCUT2D eigenvalue weighted by molar-refractivity contribution is 0.104. The number of carbonyl (C=O) groups is 1. The number of hydrogen-bond donors (Lipinski definition) is 0. The van der Waals surface area contributed by atoms with Gasteiger partial charge < -0.3 is 18.9 Å². The first kappa shape index (κ1) is 23.3. The molecule has 170 valence electrons.